The number of carbonyl (C=O) groups is 2. The number of hydrogen-bond acceptors (Lipinski definition) is 2. The fourth-order valence-electron chi connectivity index (χ4n) is 2.97. The first-order chi connectivity index (χ1) is 14.9. The number of anilines is 2. The van der Waals surface area contributed by atoms with Gasteiger partial charge in [0.1, 0.15) is 5.82 Å². The molecule has 0 aromatic heterocycles. The van der Waals surface area contributed by atoms with Crippen molar-refractivity contribution in [3.8, 4) is 0 Å². The van der Waals surface area contributed by atoms with E-state index in [9.17, 15) is 14.0 Å². The first-order valence-electron chi connectivity index (χ1n) is 9.87. The van der Waals surface area contributed by atoms with Crippen LogP contribution in [0.5, 0.6) is 0 Å². The summed E-state index contributed by atoms with van der Waals surface area (Å²) in [5, 5.41) is 6.16. The summed E-state index contributed by atoms with van der Waals surface area (Å²) in [4.78, 5) is 26.6. The Labute approximate surface area is 185 Å². The second kappa shape index (κ2) is 10.6. The molecule has 0 aliphatic heterocycles. The molecule has 160 valence electrons. The maximum atomic E-state index is 13.3. The number of nitrogens with zero attached hydrogens (tertiary/aromatic N) is 1. The van der Waals surface area contributed by atoms with E-state index in [2.05, 4.69) is 10.6 Å². The summed E-state index contributed by atoms with van der Waals surface area (Å²) in [6, 6.07) is 19.4. The number of halogens is 2. The molecule has 0 unspecified atom stereocenters. The molecule has 0 aliphatic carbocycles. The van der Waals surface area contributed by atoms with Crippen LogP contribution in [0.2, 0.25) is 5.02 Å². The van der Waals surface area contributed by atoms with Crippen molar-refractivity contribution >= 4 is 34.9 Å². The van der Waals surface area contributed by atoms with Crippen molar-refractivity contribution in [3.05, 3.63) is 94.8 Å². The van der Waals surface area contributed by atoms with Crippen LogP contribution in [-0.4, -0.2) is 25.0 Å². The molecule has 0 fully saturated rings. The standard InChI is InChI=1S/C24H23ClFN3O2/c1-17-6-8-18(9-7-17)23(30)27-14-3-15-29(22-12-10-20(26)11-13-22)24(31)28-21-5-2-4-19(25)16-21/h2,4-13,16H,3,14-15H2,1H3,(H,27,30)(H,28,31). The van der Waals surface area contributed by atoms with E-state index < -0.39 is 0 Å². The van der Waals surface area contributed by atoms with Gasteiger partial charge in [-0.2, -0.15) is 0 Å². The summed E-state index contributed by atoms with van der Waals surface area (Å²) >= 11 is 5.99. The molecule has 0 aliphatic rings. The highest BCUT2D eigenvalue weighted by atomic mass is 35.5. The summed E-state index contributed by atoms with van der Waals surface area (Å²) in [6.45, 7) is 2.67. The van der Waals surface area contributed by atoms with Crippen LogP contribution in [0.25, 0.3) is 0 Å². The van der Waals surface area contributed by atoms with Crippen molar-refractivity contribution in [1.82, 2.24) is 5.32 Å². The molecule has 7 heteroatoms. The highest BCUT2D eigenvalue weighted by molar-refractivity contribution is 6.30. The third-order valence-corrected chi connectivity index (χ3v) is 4.85. The molecule has 0 saturated heterocycles. The van der Waals surface area contributed by atoms with Gasteiger partial charge in [0.25, 0.3) is 5.91 Å². The highest BCUT2D eigenvalue weighted by Gasteiger charge is 2.16. The van der Waals surface area contributed by atoms with Crippen LogP contribution in [0.1, 0.15) is 22.3 Å². The van der Waals surface area contributed by atoms with Gasteiger partial charge in [0.2, 0.25) is 0 Å². The lowest BCUT2D eigenvalue weighted by molar-refractivity contribution is 0.0953. The van der Waals surface area contributed by atoms with E-state index in [0.29, 0.717) is 41.5 Å². The van der Waals surface area contributed by atoms with Gasteiger partial charge in [-0.3, -0.25) is 9.69 Å². The predicted molar refractivity (Wildman–Crippen MR) is 122 cm³/mol. The topological polar surface area (TPSA) is 61.4 Å². The minimum atomic E-state index is -0.385. The molecule has 3 rings (SSSR count). The van der Waals surface area contributed by atoms with Gasteiger partial charge in [-0.15, -0.1) is 0 Å². The van der Waals surface area contributed by atoms with Gasteiger partial charge in [0, 0.05) is 35.1 Å². The Kier molecular flexibility index (Phi) is 7.62. The molecule has 0 heterocycles. The molecule has 0 saturated carbocycles. The van der Waals surface area contributed by atoms with Crippen molar-refractivity contribution in [2.75, 3.05) is 23.3 Å². The van der Waals surface area contributed by atoms with Crippen LogP contribution < -0.4 is 15.5 Å². The maximum absolute atomic E-state index is 13.3. The third kappa shape index (κ3) is 6.55. The van der Waals surface area contributed by atoms with E-state index >= 15 is 0 Å². The average Bonchev–Trinajstić information content (AvgIpc) is 2.75. The van der Waals surface area contributed by atoms with E-state index in [-0.39, 0.29) is 17.8 Å². The molecule has 0 spiro atoms. The third-order valence-electron chi connectivity index (χ3n) is 4.62. The lowest BCUT2D eigenvalue weighted by Crippen LogP contribution is -2.37. The Morgan fingerprint density at radius 3 is 2.39 bits per heavy atom. The Morgan fingerprint density at radius 2 is 1.71 bits per heavy atom. The Balaban J connectivity index is 1.62. The number of amides is 3. The molecule has 5 nitrogen and oxygen atoms in total. The Morgan fingerprint density at radius 1 is 1.00 bits per heavy atom. The monoisotopic (exact) mass is 439 g/mol. The van der Waals surface area contributed by atoms with Crippen molar-refractivity contribution in [1.29, 1.82) is 0 Å². The molecular formula is C24H23ClFN3O2. The van der Waals surface area contributed by atoms with E-state index in [1.165, 1.54) is 29.2 Å². The number of hydrogen-bond donors (Lipinski definition) is 2. The first-order valence-corrected chi connectivity index (χ1v) is 10.2. The fraction of sp³-hybridized carbons (Fsp3) is 0.167. The lowest BCUT2D eigenvalue weighted by atomic mass is 10.1. The zero-order valence-electron chi connectivity index (χ0n) is 17.1. The number of nitrogens with one attached hydrogen (secondary N) is 2. The van der Waals surface area contributed by atoms with Crippen LogP contribution >= 0.6 is 11.6 Å². The van der Waals surface area contributed by atoms with Gasteiger partial charge < -0.3 is 10.6 Å². The number of aryl methyl sites for hydroxylation is 1. The van der Waals surface area contributed by atoms with E-state index in [1.807, 2.05) is 19.1 Å². The molecule has 31 heavy (non-hydrogen) atoms. The van der Waals surface area contributed by atoms with E-state index in [0.717, 1.165) is 5.56 Å². The highest BCUT2D eigenvalue weighted by Crippen LogP contribution is 2.19. The molecule has 3 aromatic carbocycles. The van der Waals surface area contributed by atoms with E-state index in [4.69, 9.17) is 11.6 Å². The van der Waals surface area contributed by atoms with Gasteiger partial charge in [-0.05, 0) is 67.9 Å². The molecule has 0 radical (unpaired) electrons. The molecule has 3 aromatic rings. The second-order valence-corrected chi connectivity index (χ2v) is 7.48. The van der Waals surface area contributed by atoms with Gasteiger partial charge in [-0.25, -0.2) is 9.18 Å². The van der Waals surface area contributed by atoms with Crippen LogP contribution in [-0.2, 0) is 0 Å². The van der Waals surface area contributed by atoms with Crippen molar-refractivity contribution in [2.24, 2.45) is 0 Å². The largest absolute Gasteiger partial charge is 0.352 e. The minimum Gasteiger partial charge on any atom is -0.352 e. The molecule has 0 bridgehead atoms. The smallest absolute Gasteiger partial charge is 0.326 e. The van der Waals surface area contributed by atoms with Gasteiger partial charge >= 0.3 is 6.03 Å². The van der Waals surface area contributed by atoms with E-state index in [1.54, 1.807) is 36.4 Å². The van der Waals surface area contributed by atoms with Crippen molar-refractivity contribution in [2.45, 2.75) is 13.3 Å². The number of benzene rings is 3. The molecular weight excluding hydrogens is 417 g/mol. The van der Waals surface area contributed by atoms with Gasteiger partial charge in [0.15, 0.2) is 0 Å². The molecule has 2 N–H and O–H groups in total. The van der Waals surface area contributed by atoms with Crippen LogP contribution in [0.4, 0.5) is 20.6 Å². The zero-order valence-corrected chi connectivity index (χ0v) is 17.8. The van der Waals surface area contributed by atoms with Crippen LogP contribution in [0.3, 0.4) is 0 Å². The van der Waals surface area contributed by atoms with Crippen molar-refractivity contribution < 1.29 is 14.0 Å². The predicted octanol–water partition coefficient (Wildman–Crippen LogP) is 5.65. The SMILES string of the molecule is Cc1ccc(C(=O)NCCCN(C(=O)Nc2cccc(Cl)c2)c2ccc(F)cc2)cc1. The summed E-state index contributed by atoms with van der Waals surface area (Å²) < 4.78 is 13.3. The maximum Gasteiger partial charge on any atom is 0.326 e. The molecule has 0 atom stereocenters. The average molecular weight is 440 g/mol. The second-order valence-electron chi connectivity index (χ2n) is 7.04. The minimum absolute atomic E-state index is 0.170. The molecule has 3 amide bonds. The summed E-state index contributed by atoms with van der Waals surface area (Å²) in [5.74, 6) is -0.555. The quantitative estimate of drug-likeness (QED) is 0.467. The lowest BCUT2D eigenvalue weighted by Gasteiger charge is -2.23. The number of rotatable bonds is 7. The fourth-order valence-corrected chi connectivity index (χ4v) is 3.16. The number of carbonyl (C=O) groups excluding carboxylic acids is 2. The van der Waals surface area contributed by atoms with Crippen molar-refractivity contribution in [3.63, 3.8) is 0 Å². The first kappa shape index (κ1) is 22.3. The Hall–Kier alpha value is -3.38. The van der Waals surface area contributed by atoms with Gasteiger partial charge in [-0.1, -0.05) is 35.4 Å². The zero-order chi connectivity index (χ0) is 22.2. The summed E-state index contributed by atoms with van der Waals surface area (Å²) in [5.41, 5.74) is 2.76. The number of urea groups is 1. The van der Waals surface area contributed by atoms with Gasteiger partial charge in [0.05, 0.1) is 0 Å². The summed E-state index contributed by atoms with van der Waals surface area (Å²) in [6.07, 6.45) is 0.512. The Bertz CT molecular complexity index is 1040. The van der Waals surface area contributed by atoms with Crippen LogP contribution in [0, 0.1) is 12.7 Å². The summed E-state index contributed by atoms with van der Waals surface area (Å²) in [7, 11) is 0. The normalized spacial score (nSPS) is 10.4. The van der Waals surface area contributed by atoms with Crippen LogP contribution in [0.15, 0.2) is 72.8 Å².